The van der Waals surface area contributed by atoms with Crippen molar-refractivity contribution in [3.63, 3.8) is 0 Å². The molecule has 0 saturated carbocycles. The monoisotopic (exact) mass is 490 g/mol. The molecule has 0 saturated heterocycles. The van der Waals surface area contributed by atoms with Gasteiger partial charge in [-0.15, -0.1) is 0 Å². The van der Waals surface area contributed by atoms with Gasteiger partial charge < -0.3 is 5.11 Å². The number of carboxylic acid groups (broad SMARTS) is 1. The van der Waals surface area contributed by atoms with Gasteiger partial charge in [-0.3, -0.25) is 4.98 Å². The van der Waals surface area contributed by atoms with E-state index in [1.807, 2.05) is 18.2 Å². The van der Waals surface area contributed by atoms with Crippen molar-refractivity contribution in [1.29, 1.82) is 0 Å². The largest absolute Gasteiger partial charge is 0.477 e. The Kier molecular flexibility index (Phi) is 8.33. The second kappa shape index (κ2) is 10.9. The molecular formula is C31H39FN2O2. The van der Waals surface area contributed by atoms with Gasteiger partial charge in [0.25, 0.3) is 0 Å². The first-order chi connectivity index (χ1) is 16.9. The van der Waals surface area contributed by atoms with E-state index in [0.717, 1.165) is 24.8 Å². The summed E-state index contributed by atoms with van der Waals surface area (Å²) in [6, 6.07) is 16.2. The van der Waals surface area contributed by atoms with Gasteiger partial charge in [0.1, 0.15) is 11.5 Å². The topological polar surface area (TPSA) is 63.1 Å². The van der Waals surface area contributed by atoms with Crippen LogP contribution in [0.3, 0.4) is 0 Å². The number of carboxylic acids is 1. The van der Waals surface area contributed by atoms with E-state index in [0.29, 0.717) is 17.1 Å². The number of carbonyl (C=O) groups is 1. The molecular weight excluding hydrogens is 451 g/mol. The van der Waals surface area contributed by atoms with E-state index >= 15 is 4.39 Å². The molecule has 0 aliphatic rings. The van der Waals surface area contributed by atoms with Crippen LogP contribution in [0.4, 0.5) is 4.39 Å². The number of halogens is 1. The van der Waals surface area contributed by atoms with Gasteiger partial charge in [0, 0.05) is 11.6 Å². The number of nitrogens with zero attached hydrogens (tertiary/aromatic N) is 2. The molecule has 36 heavy (non-hydrogen) atoms. The molecule has 2 heterocycles. The molecule has 0 bridgehead atoms. The van der Waals surface area contributed by atoms with Gasteiger partial charge in [-0.25, -0.2) is 14.2 Å². The Labute approximate surface area is 215 Å². The Hall–Kier alpha value is -3.08. The minimum atomic E-state index is -1.08. The van der Waals surface area contributed by atoms with Crippen molar-refractivity contribution in [2.75, 3.05) is 0 Å². The fourth-order valence-electron chi connectivity index (χ4n) is 5.32. The van der Waals surface area contributed by atoms with Gasteiger partial charge in [-0.2, -0.15) is 0 Å². The summed E-state index contributed by atoms with van der Waals surface area (Å²) < 4.78 is 15.2. The molecule has 5 heteroatoms. The molecule has 0 aliphatic heterocycles. The van der Waals surface area contributed by atoms with E-state index in [4.69, 9.17) is 4.98 Å². The molecule has 2 atom stereocenters. The highest BCUT2D eigenvalue weighted by atomic mass is 19.1. The van der Waals surface area contributed by atoms with Gasteiger partial charge in [0.05, 0.1) is 22.5 Å². The molecule has 2 aromatic heterocycles. The number of benzene rings is 1. The van der Waals surface area contributed by atoms with Crippen LogP contribution < -0.4 is 0 Å². The van der Waals surface area contributed by atoms with Crippen LogP contribution in [0.25, 0.3) is 11.3 Å². The number of hydrogen-bond donors (Lipinski definition) is 1. The van der Waals surface area contributed by atoms with E-state index in [1.54, 1.807) is 6.07 Å². The molecule has 3 rings (SSSR count). The fourth-order valence-corrected chi connectivity index (χ4v) is 5.32. The van der Waals surface area contributed by atoms with Crippen LogP contribution >= 0.6 is 0 Å². The number of aromatic carboxylic acids is 1. The van der Waals surface area contributed by atoms with E-state index < -0.39 is 11.4 Å². The first-order valence-electron chi connectivity index (χ1n) is 12.9. The molecule has 0 spiro atoms. The number of pyridine rings is 2. The summed E-state index contributed by atoms with van der Waals surface area (Å²) in [5, 5.41) is 9.63. The van der Waals surface area contributed by atoms with Gasteiger partial charge >= 0.3 is 5.97 Å². The SMILES string of the molecule is CCC(C)C(c1cccc(C(=O)O)n1)(c1cc(F)cc(-c2ccc(CC(C)(C)C)cc2)n1)C(C)CC. The Bertz CT molecular complexity index is 1190. The van der Waals surface area contributed by atoms with Crippen molar-refractivity contribution in [2.45, 2.75) is 73.1 Å². The zero-order valence-electron chi connectivity index (χ0n) is 22.6. The van der Waals surface area contributed by atoms with Crippen LogP contribution in [-0.4, -0.2) is 21.0 Å². The maximum atomic E-state index is 15.2. The zero-order valence-corrected chi connectivity index (χ0v) is 22.6. The number of hydrogen-bond acceptors (Lipinski definition) is 3. The summed E-state index contributed by atoms with van der Waals surface area (Å²) in [5.41, 5.74) is 3.26. The third kappa shape index (κ3) is 5.66. The van der Waals surface area contributed by atoms with E-state index in [1.165, 1.54) is 23.8 Å². The van der Waals surface area contributed by atoms with Crippen molar-refractivity contribution < 1.29 is 14.3 Å². The van der Waals surface area contributed by atoms with E-state index in [2.05, 4.69) is 65.6 Å². The van der Waals surface area contributed by atoms with Crippen LogP contribution in [0, 0.1) is 23.1 Å². The minimum Gasteiger partial charge on any atom is -0.477 e. The standard InChI is InChI=1S/C31H39FN2O2/c1-8-20(3)31(21(4)9-2,27-12-10-11-25(33-27)29(35)36)28-18-24(32)17-26(34-28)23-15-13-22(14-16-23)19-30(5,6)7/h10-18,20-21H,8-9,19H2,1-7H3,(H,35,36). The average Bonchev–Trinajstić information content (AvgIpc) is 2.83. The summed E-state index contributed by atoms with van der Waals surface area (Å²) >= 11 is 0. The fraction of sp³-hybridized carbons (Fsp3) is 0.452. The van der Waals surface area contributed by atoms with Crippen molar-refractivity contribution in [2.24, 2.45) is 17.3 Å². The molecule has 1 N–H and O–H groups in total. The Morgan fingerprint density at radius 2 is 1.53 bits per heavy atom. The third-order valence-corrected chi connectivity index (χ3v) is 7.37. The van der Waals surface area contributed by atoms with Crippen LogP contribution in [0.2, 0.25) is 0 Å². The summed E-state index contributed by atoms with van der Waals surface area (Å²) in [5.74, 6) is -1.36. The minimum absolute atomic E-state index is 0.0189. The lowest BCUT2D eigenvalue weighted by atomic mass is 9.61. The molecule has 0 amide bonds. The molecule has 0 aliphatic carbocycles. The highest BCUT2D eigenvalue weighted by Gasteiger charge is 2.46. The average molecular weight is 491 g/mol. The first-order valence-corrected chi connectivity index (χ1v) is 12.9. The van der Waals surface area contributed by atoms with E-state index in [9.17, 15) is 9.90 Å². The van der Waals surface area contributed by atoms with E-state index in [-0.39, 0.29) is 28.8 Å². The predicted octanol–water partition coefficient (Wildman–Crippen LogP) is 7.95. The second-order valence-electron chi connectivity index (χ2n) is 11.2. The molecule has 192 valence electrons. The maximum absolute atomic E-state index is 15.2. The Morgan fingerprint density at radius 3 is 2.06 bits per heavy atom. The van der Waals surface area contributed by atoms with Gasteiger partial charge in [-0.1, -0.05) is 91.6 Å². The second-order valence-corrected chi connectivity index (χ2v) is 11.2. The Balaban J connectivity index is 2.23. The third-order valence-electron chi connectivity index (χ3n) is 7.37. The number of rotatable bonds is 9. The van der Waals surface area contributed by atoms with Gasteiger partial charge in [0.2, 0.25) is 0 Å². The highest BCUT2D eigenvalue weighted by molar-refractivity contribution is 5.85. The van der Waals surface area contributed by atoms with Gasteiger partial charge in [0.15, 0.2) is 0 Å². The Morgan fingerprint density at radius 1 is 0.917 bits per heavy atom. The molecule has 0 radical (unpaired) electrons. The van der Waals surface area contributed by atoms with Crippen LogP contribution in [0.15, 0.2) is 54.6 Å². The molecule has 0 fully saturated rings. The first kappa shape index (κ1) is 27.5. The van der Waals surface area contributed by atoms with Crippen molar-refractivity contribution in [3.05, 3.63) is 83.1 Å². The highest BCUT2D eigenvalue weighted by Crippen LogP contribution is 2.47. The molecule has 3 aromatic rings. The molecule has 4 nitrogen and oxygen atoms in total. The predicted molar refractivity (Wildman–Crippen MR) is 144 cm³/mol. The summed E-state index contributed by atoms with van der Waals surface area (Å²) in [6.45, 7) is 15.0. The van der Waals surface area contributed by atoms with Crippen LogP contribution in [-0.2, 0) is 11.8 Å². The van der Waals surface area contributed by atoms with Crippen molar-refractivity contribution >= 4 is 5.97 Å². The van der Waals surface area contributed by atoms with Gasteiger partial charge in [-0.05, 0) is 47.4 Å². The lowest BCUT2D eigenvalue weighted by Gasteiger charge is -2.43. The van der Waals surface area contributed by atoms with Crippen LogP contribution in [0.1, 0.15) is 88.7 Å². The lowest BCUT2D eigenvalue weighted by molar-refractivity contribution is 0.0689. The zero-order chi connectivity index (χ0) is 26.7. The lowest BCUT2D eigenvalue weighted by Crippen LogP contribution is -2.43. The summed E-state index contributed by atoms with van der Waals surface area (Å²) in [7, 11) is 0. The maximum Gasteiger partial charge on any atom is 0.354 e. The normalized spacial score (nSPS) is 15.2. The van der Waals surface area contributed by atoms with Crippen LogP contribution in [0.5, 0.6) is 0 Å². The quantitative estimate of drug-likeness (QED) is 0.331. The summed E-state index contributed by atoms with van der Waals surface area (Å²) in [6.07, 6.45) is 2.56. The van der Waals surface area contributed by atoms with Crippen molar-refractivity contribution in [3.8, 4) is 11.3 Å². The van der Waals surface area contributed by atoms with Crippen molar-refractivity contribution in [1.82, 2.24) is 9.97 Å². The smallest absolute Gasteiger partial charge is 0.354 e. The number of aromatic nitrogens is 2. The molecule has 1 aromatic carbocycles. The molecule has 2 unspecified atom stereocenters. The summed E-state index contributed by atoms with van der Waals surface area (Å²) in [4.78, 5) is 21.4.